The highest BCUT2D eigenvalue weighted by Crippen LogP contribution is 2.29. The van der Waals surface area contributed by atoms with Crippen LogP contribution < -0.4 is 19.5 Å². The fourth-order valence-electron chi connectivity index (χ4n) is 3.24. The van der Waals surface area contributed by atoms with E-state index in [-0.39, 0.29) is 6.04 Å². The lowest BCUT2D eigenvalue weighted by Crippen LogP contribution is -2.10. The molecule has 0 saturated carbocycles. The van der Waals surface area contributed by atoms with E-state index in [1.54, 1.807) is 32.4 Å². The summed E-state index contributed by atoms with van der Waals surface area (Å²) in [6.07, 6.45) is 1.80. The first-order valence-corrected chi connectivity index (χ1v) is 10.8. The van der Waals surface area contributed by atoms with Crippen molar-refractivity contribution in [1.82, 2.24) is 9.71 Å². The van der Waals surface area contributed by atoms with Crippen molar-refractivity contribution < 1.29 is 9.47 Å². The molecule has 1 atom stereocenters. The molecule has 158 valence electrons. The number of hydrogen-bond donors (Lipinski definition) is 2. The predicted octanol–water partition coefficient (Wildman–Crippen LogP) is 6.35. The Morgan fingerprint density at radius 2 is 1.55 bits per heavy atom. The molecule has 5 nitrogen and oxygen atoms in total. The van der Waals surface area contributed by atoms with E-state index < -0.39 is 0 Å². The minimum absolute atomic E-state index is 0.217. The molecule has 1 heterocycles. The quantitative estimate of drug-likeness (QED) is 0.317. The van der Waals surface area contributed by atoms with Gasteiger partial charge in [0.05, 0.1) is 19.7 Å². The maximum Gasteiger partial charge on any atom is 0.121 e. The number of nitrogens with one attached hydrogen (secondary N) is 2. The molecular formula is C25H25N3O2S. The number of aromatic nitrogens is 1. The number of ether oxygens (including phenoxy) is 2. The van der Waals surface area contributed by atoms with E-state index >= 15 is 0 Å². The number of methoxy groups -OCH3 is 2. The summed E-state index contributed by atoms with van der Waals surface area (Å²) in [4.78, 5) is 5.59. The zero-order chi connectivity index (χ0) is 21.6. The minimum Gasteiger partial charge on any atom is -0.497 e. The summed E-state index contributed by atoms with van der Waals surface area (Å²) in [5.41, 5.74) is 4.15. The molecule has 0 aliphatic rings. The molecule has 1 unspecified atom stereocenters. The van der Waals surface area contributed by atoms with Crippen LogP contribution in [-0.4, -0.2) is 19.2 Å². The highest BCUT2D eigenvalue weighted by atomic mass is 32.2. The second kappa shape index (κ2) is 9.73. The van der Waals surface area contributed by atoms with Crippen molar-refractivity contribution >= 4 is 34.2 Å². The van der Waals surface area contributed by atoms with Gasteiger partial charge in [0.25, 0.3) is 0 Å². The molecule has 1 aromatic heterocycles. The van der Waals surface area contributed by atoms with E-state index in [0.717, 1.165) is 38.7 Å². The molecule has 0 aliphatic heterocycles. The van der Waals surface area contributed by atoms with Crippen LogP contribution in [0.5, 0.6) is 11.5 Å². The fraction of sp³-hybridized carbons (Fsp3) is 0.160. The molecule has 6 heteroatoms. The molecule has 2 N–H and O–H groups in total. The Balaban J connectivity index is 1.40. The van der Waals surface area contributed by atoms with Crippen LogP contribution in [-0.2, 0) is 0 Å². The molecule has 4 aromatic rings. The van der Waals surface area contributed by atoms with Crippen molar-refractivity contribution in [2.45, 2.75) is 17.9 Å². The van der Waals surface area contributed by atoms with Crippen molar-refractivity contribution in [2.24, 2.45) is 0 Å². The first-order valence-electron chi connectivity index (χ1n) is 10.0. The number of nitrogens with zero attached hydrogens (tertiary/aromatic N) is 1. The summed E-state index contributed by atoms with van der Waals surface area (Å²) in [5.74, 6) is 1.67. The molecule has 0 spiro atoms. The van der Waals surface area contributed by atoms with Gasteiger partial charge in [0, 0.05) is 40.0 Å². The third kappa shape index (κ3) is 5.10. The lowest BCUT2D eigenvalue weighted by molar-refractivity contribution is 0.414. The molecule has 31 heavy (non-hydrogen) atoms. The van der Waals surface area contributed by atoms with Gasteiger partial charge in [-0.25, -0.2) is 0 Å². The van der Waals surface area contributed by atoms with Crippen molar-refractivity contribution in [3.8, 4) is 11.5 Å². The molecular weight excluding hydrogens is 406 g/mol. The predicted molar refractivity (Wildman–Crippen MR) is 128 cm³/mol. The van der Waals surface area contributed by atoms with Gasteiger partial charge in [-0.1, -0.05) is 12.1 Å². The molecule has 0 saturated heterocycles. The van der Waals surface area contributed by atoms with Crippen LogP contribution in [0, 0.1) is 0 Å². The Kier molecular flexibility index (Phi) is 6.60. The number of pyridine rings is 1. The number of rotatable bonds is 8. The third-order valence-electron chi connectivity index (χ3n) is 5.05. The molecule has 0 fully saturated rings. The van der Waals surface area contributed by atoms with Crippen LogP contribution in [0.4, 0.5) is 11.4 Å². The van der Waals surface area contributed by atoms with Crippen molar-refractivity contribution in [1.29, 1.82) is 0 Å². The highest BCUT2D eigenvalue weighted by molar-refractivity contribution is 7.97. The van der Waals surface area contributed by atoms with Gasteiger partial charge < -0.3 is 14.8 Å². The first kappa shape index (κ1) is 21.0. The average molecular weight is 432 g/mol. The summed E-state index contributed by atoms with van der Waals surface area (Å²) in [6, 6.07) is 24.6. The van der Waals surface area contributed by atoms with Crippen LogP contribution in [0.15, 0.2) is 83.9 Å². The minimum atomic E-state index is 0.217. The maximum absolute atomic E-state index is 5.30. The number of anilines is 2. The van der Waals surface area contributed by atoms with Crippen LogP contribution in [0.1, 0.15) is 18.5 Å². The second-order valence-electron chi connectivity index (χ2n) is 7.11. The van der Waals surface area contributed by atoms with Gasteiger partial charge >= 0.3 is 0 Å². The summed E-state index contributed by atoms with van der Waals surface area (Å²) in [6.45, 7) is 2.15. The normalized spacial score (nSPS) is 11.8. The summed E-state index contributed by atoms with van der Waals surface area (Å²) < 4.78 is 14.0. The molecule has 4 rings (SSSR count). The van der Waals surface area contributed by atoms with Crippen LogP contribution >= 0.6 is 11.9 Å². The third-order valence-corrected chi connectivity index (χ3v) is 6.03. The van der Waals surface area contributed by atoms with Gasteiger partial charge in [0.15, 0.2) is 0 Å². The zero-order valence-corrected chi connectivity index (χ0v) is 18.6. The smallest absolute Gasteiger partial charge is 0.121 e. The Morgan fingerprint density at radius 3 is 2.26 bits per heavy atom. The largest absolute Gasteiger partial charge is 0.497 e. The van der Waals surface area contributed by atoms with Crippen LogP contribution in [0.25, 0.3) is 10.9 Å². The van der Waals surface area contributed by atoms with E-state index in [0.29, 0.717) is 0 Å². The van der Waals surface area contributed by atoms with Crippen molar-refractivity contribution in [2.75, 3.05) is 19.5 Å². The number of fused-ring (bicyclic) bond motifs is 1. The topological polar surface area (TPSA) is 55.4 Å². The van der Waals surface area contributed by atoms with Gasteiger partial charge in [0.1, 0.15) is 11.5 Å². The van der Waals surface area contributed by atoms with E-state index in [9.17, 15) is 0 Å². The maximum atomic E-state index is 5.30. The van der Waals surface area contributed by atoms with E-state index in [4.69, 9.17) is 9.47 Å². The van der Waals surface area contributed by atoms with Gasteiger partial charge in [-0.2, -0.15) is 0 Å². The number of benzene rings is 3. The number of hydrogen-bond acceptors (Lipinski definition) is 6. The summed E-state index contributed by atoms with van der Waals surface area (Å²) in [7, 11) is 3.34. The van der Waals surface area contributed by atoms with Gasteiger partial charge in [-0.05, 0) is 79.0 Å². The first-order chi connectivity index (χ1) is 15.2. The lowest BCUT2D eigenvalue weighted by atomic mass is 10.1. The monoisotopic (exact) mass is 431 g/mol. The van der Waals surface area contributed by atoms with Gasteiger partial charge in [-0.15, -0.1) is 0 Å². The van der Waals surface area contributed by atoms with E-state index in [1.165, 1.54) is 5.56 Å². The highest BCUT2D eigenvalue weighted by Gasteiger charge is 2.07. The van der Waals surface area contributed by atoms with E-state index in [2.05, 4.69) is 58.3 Å². The zero-order valence-electron chi connectivity index (χ0n) is 17.8. The Hall–Kier alpha value is -3.22. The molecule has 0 aliphatic carbocycles. The SMILES string of the molecule is COc1ccc(C(C)NSc2ccc(Nc3ccnc4cc(OC)ccc34)cc2)cc1. The van der Waals surface area contributed by atoms with Crippen molar-refractivity contribution in [3.05, 3.63) is 84.6 Å². The Bertz CT molecular complexity index is 1150. The van der Waals surface area contributed by atoms with Crippen molar-refractivity contribution in [3.63, 3.8) is 0 Å². The van der Waals surface area contributed by atoms with Crippen LogP contribution in [0.3, 0.4) is 0 Å². The molecule has 0 amide bonds. The molecule has 0 bridgehead atoms. The fourth-order valence-corrected chi connectivity index (χ4v) is 3.96. The second-order valence-corrected chi connectivity index (χ2v) is 8.02. The van der Waals surface area contributed by atoms with E-state index in [1.807, 2.05) is 36.4 Å². The Labute approximate surface area is 186 Å². The van der Waals surface area contributed by atoms with Gasteiger partial charge in [-0.3, -0.25) is 9.71 Å². The molecule has 0 radical (unpaired) electrons. The lowest BCUT2D eigenvalue weighted by Gasteiger charge is -2.14. The van der Waals surface area contributed by atoms with Crippen LogP contribution in [0.2, 0.25) is 0 Å². The summed E-state index contributed by atoms with van der Waals surface area (Å²) >= 11 is 1.62. The van der Waals surface area contributed by atoms with Gasteiger partial charge in [0.2, 0.25) is 0 Å². The summed E-state index contributed by atoms with van der Waals surface area (Å²) in [5, 5.41) is 4.54. The average Bonchev–Trinajstić information content (AvgIpc) is 2.83. The Morgan fingerprint density at radius 1 is 0.839 bits per heavy atom. The molecule has 3 aromatic carbocycles. The standard InChI is InChI=1S/C25H25N3O2S/c1-17(18-4-8-20(29-2)9-5-18)28-31-22-11-6-19(7-12-22)27-24-14-15-26-25-16-21(30-3)10-13-23(24)25/h4-17,28H,1-3H3,(H,26,27).